The van der Waals surface area contributed by atoms with Gasteiger partial charge in [-0.15, -0.1) is 11.3 Å². The molecule has 154 valence electrons. The number of nitriles is 1. The molecule has 5 rings (SSSR count). The number of aromatic nitrogens is 2. The lowest BCUT2D eigenvalue weighted by atomic mass is 10.1. The minimum absolute atomic E-state index is 0.292. The summed E-state index contributed by atoms with van der Waals surface area (Å²) in [6, 6.07) is 18.3. The molecule has 0 N–H and O–H groups in total. The van der Waals surface area contributed by atoms with Gasteiger partial charge in [0.2, 0.25) is 0 Å². The van der Waals surface area contributed by atoms with Gasteiger partial charge in [0.05, 0.1) is 22.3 Å². The van der Waals surface area contributed by atoms with Crippen LogP contribution in [0.5, 0.6) is 0 Å². The number of rotatable bonds is 3. The molecule has 0 amide bonds. The second kappa shape index (κ2) is 8.21. The Kier molecular flexibility index (Phi) is 5.24. The first-order chi connectivity index (χ1) is 15.5. The van der Waals surface area contributed by atoms with E-state index in [1.165, 1.54) is 11.3 Å². The fourth-order valence-corrected chi connectivity index (χ4v) is 4.47. The van der Waals surface area contributed by atoms with Gasteiger partial charge in [-0.2, -0.15) is 5.26 Å². The molecule has 0 atom stereocenters. The highest BCUT2D eigenvalue weighted by Gasteiger charge is 2.15. The van der Waals surface area contributed by atoms with E-state index in [0.29, 0.717) is 48.5 Å². The van der Waals surface area contributed by atoms with Gasteiger partial charge in [0.25, 0.3) is 0 Å². The van der Waals surface area contributed by atoms with Gasteiger partial charge in [0.15, 0.2) is 0 Å². The highest BCUT2D eigenvalue weighted by molar-refractivity contribution is 7.11. The van der Waals surface area contributed by atoms with Crippen LogP contribution in [0.4, 0.5) is 0 Å². The van der Waals surface area contributed by atoms with Crippen LogP contribution < -0.4 is 5.63 Å². The van der Waals surface area contributed by atoms with Gasteiger partial charge >= 0.3 is 5.63 Å². The van der Waals surface area contributed by atoms with Crippen molar-refractivity contribution in [2.24, 2.45) is 0 Å². The number of thiazole rings is 1. The molecular weight excluding hydrogens is 465 g/mol. The number of hydrogen-bond donors (Lipinski definition) is 0. The molecular formula is C24H11Cl2N3O2S. The second-order valence-electron chi connectivity index (χ2n) is 6.90. The van der Waals surface area contributed by atoms with Gasteiger partial charge in [-0.25, -0.2) is 14.8 Å². The fourth-order valence-electron chi connectivity index (χ4n) is 3.30. The number of hydrogen-bond acceptors (Lipinski definition) is 6. The van der Waals surface area contributed by atoms with Gasteiger partial charge in [-0.1, -0.05) is 41.4 Å². The van der Waals surface area contributed by atoms with Gasteiger partial charge in [-0.3, -0.25) is 0 Å². The first-order valence-electron chi connectivity index (χ1n) is 9.38. The lowest BCUT2D eigenvalue weighted by molar-refractivity contribution is 0.563. The number of allylic oxidation sites excluding steroid dienone is 1. The average molecular weight is 476 g/mol. The third-order valence-electron chi connectivity index (χ3n) is 4.83. The van der Waals surface area contributed by atoms with E-state index in [1.54, 1.807) is 35.7 Å². The summed E-state index contributed by atoms with van der Waals surface area (Å²) in [4.78, 5) is 21.4. The molecule has 0 saturated carbocycles. The molecule has 32 heavy (non-hydrogen) atoms. The Balaban J connectivity index is 1.57. The van der Waals surface area contributed by atoms with Crippen LogP contribution in [-0.2, 0) is 0 Å². The summed E-state index contributed by atoms with van der Waals surface area (Å²) in [6.45, 7) is 0. The SMILES string of the molecule is N#C/C(=C\c1cc2ccccc2nc1Cl)c1nc(-c2cc3cc(Cl)ccc3oc2=O)cs1. The Hall–Kier alpha value is -3.50. The summed E-state index contributed by atoms with van der Waals surface area (Å²) in [6.07, 6.45) is 1.65. The molecule has 0 unspecified atom stereocenters. The highest BCUT2D eigenvalue weighted by atomic mass is 35.5. The van der Waals surface area contributed by atoms with E-state index in [1.807, 2.05) is 30.3 Å². The van der Waals surface area contributed by atoms with E-state index in [2.05, 4.69) is 16.0 Å². The maximum atomic E-state index is 12.5. The van der Waals surface area contributed by atoms with Crippen LogP contribution >= 0.6 is 34.5 Å². The minimum atomic E-state index is -0.513. The monoisotopic (exact) mass is 475 g/mol. The zero-order chi connectivity index (χ0) is 22.2. The van der Waals surface area contributed by atoms with Crippen molar-refractivity contribution in [3.05, 3.63) is 91.1 Å². The van der Waals surface area contributed by atoms with Crippen molar-refractivity contribution < 1.29 is 4.42 Å². The number of benzene rings is 2. The van der Waals surface area contributed by atoms with Crippen LogP contribution in [0.2, 0.25) is 10.2 Å². The number of halogens is 2. The smallest absolute Gasteiger partial charge is 0.345 e. The fraction of sp³-hybridized carbons (Fsp3) is 0. The molecule has 2 aromatic carbocycles. The van der Waals surface area contributed by atoms with Crippen molar-refractivity contribution in [1.29, 1.82) is 5.26 Å². The third-order valence-corrected chi connectivity index (χ3v) is 6.24. The van der Waals surface area contributed by atoms with Gasteiger partial charge < -0.3 is 4.42 Å². The number of fused-ring (bicyclic) bond motifs is 2. The number of nitrogens with zero attached hydrogens (tertiary/aromatic N) is 3. The molecule has 5 aromatic rings. The summed E-state index contributed by atoms with van der Waals surface area (Å²) in [7, 11) is 0. The molecule has 0 bridgehead atoms. The van der Waals surface area contributed by atoms with Crippen LogP contribution in [0.3, 0.4) is 0 Å². The Bertz CT molecular complexity index is 1650. The van der Waals surface area contributed by atoms with Crippen LogP contribution in [0.1, 0.15) is 10.6 Å². The molecule has 5 nitrogen and oxygen atoms in total. The molecule has 3 aromatic heterocycles. The first-order valence-corrected chi connectivity index (χ1v) is 11.0. The van der Waals surface area contributed by atoms with E-state index < -0.39 is 5.63 Å². The summed E-state index contributed by atoms with van der Waals surface area (Å²) >= 11 is 13.6. The summed E-state index contributed by atoms with van der Waals surface area (Å²) in [5.41, 5.74) is 2.34. The number of para-hydroxylation sites is 1. The maximum absolute atomic E-state index is 12.5. The predicted octanol–water partition coefficient (Wildman–Crippen LogP) is 6.84. The lowest BCUT2D eigenvalue weighted by Gasteiger charge is -2.03. The minimum Gasteiger partial charge on any atom is -0.422 e. The van der Waals surface area contributed by atoms with Crippen molar-refractivity contribution >= 4 is 68.1 Å². The van der Waals surface area contributed by atoms with Gasteiger partial charge in [0, 0.05) is 26.7 Å². The average Bonchev–Trinajstić information content (AvgIpc) is 3.27. The first kappa shape index (κ1) is 20.4. The topological polar surface area (TPSA) is 79.8 Å². The normalized spacial score (nSPS) is 11.7. The van der Waals surface area contributed by atoms with E-state index in [9.17, 15) is 10.1 Å². The summed E-state index contributed by atoms with van der Waals surface area (Å²) < 4.78 is 5.40. The molecule has 3 heterocycles. The molecule has 0 aliphatic carbocycles. The Morgan fingerprint density at radius 2 is 1.91 bits per heavy atom. The molecule has 8 heteroatoms. The van der Waals surface area contributed by atoms with Gasteiger partial charge in [0.1, 0.15) is 21.8 Å². The van der Waals surface area contributed by atoms with E-state index in [4.69, 9.17) is 27.6 Å². The van der Waals surface area contributed by atoms with Crippen molar-refractivity contribution in [1.82, 2.24) is 9.97 Å². The van der Waals surface area contributed by atoms with Crippen molar-refractivity contribution in [3.63, 3.8) is 0 Å². The largest absolute Gasteiger partial charge is 0.422 e. The zero-order valence-corrected chi connectivity index (χ0v) is 18.5. The molecule has 0 aliphatic heterocycles. The quantitative estimate of drug-likeness (QED) is 0.162. The van der Waals surface area contributed by atoms with Crippen molar-refractivity contribution in [3.8, 4) is 17.3 Å². The van der Waals surface area contributed by atoms with Gasteiger partial charge in [-0.05, 0) is 42.5 Å². The molecule has 0 radical (unpaired) electrons. The lowest BCUT2D eigenvalue weighted by Crippen LogP contribution is -2.02. The molecule has 0 spiro atoms. The molecule has 0 saturated heterocycles. The molecule has 0 fully saturated rings. The van der Waals surface area contributed by atoms with Crippen molar-refractivity contribution in [2.45, 2.75) is 0 Å². The second-order valence-corrected chi connectivity index (χ2v) is 8.55. The summed E-state index contributed by atoms with van der Waals surface area (Å²) in [5.74, 6) is 0. The van der Waals surface area contributed by atoms with E-state index in [0.717, 1.165) is 10.9 Å². The van der Waals surface area contributed by atoms with Crippen molar-refractivity contribution in [2.75, 3.05) is 0 Å². The maximum Gasteiger partial charge on any atom is 0.345 e. The standard InChI is InChI=1S/C24H11Cl2N3O2S/c25-17-5-6-21-14(9-17)10-18(24(30)31-21)20-12-32-23(29-20)16(11-27)8-15-7-13-3-1-2-4-19(13)28-22(15)26/h1-10,12H/b16-8+. The third kappa shape index (κ3) is 3.78. The number of pyridine rings is 1. The Morgan fingerprint density at radius 3 is 2.75 bits per heavy atom. The predicted molar refractivity (Wildman–Crippen MR) is 129 cm³/mol. The zero-order valence-electron chi connectivity index (χ0n) is 16.2. The van der Waals surface area contributed by atoms with Crippen LogP contribution in [0, 0.1) is 11.3 Å². The Labute approximate surface area is 195 Å². The van der Waals surface area contributed by atoms with Crippen LogP contribution in [0.15, 0.2) is 69.2 Å². The van der Waals surface area contributed by atoms with E-state index >= 15 is 0 Å². The van der Waals surface area contributed by atoms with Crippen LogP contribution in [-0.4, -0.2) is 9.97 Å². The summed E-state index contributed by atoms with van der Waals surface area (Å²) in [5, 5.41) is 14.3. The van der Waals surface area contributed by atoms with E-state index in [-0.39, 0.29) is 0 Å². The van der Waals surface area contributed by atoms with Crippen LogP contribution in [0.25, 0.3) is 44.8 Å². The molecule has 0 aliphatic rings. The Morgan fingerprint density at radius 1 is 1.06 bits per heavy atom. The highest BCUT2D eigenvalue weighted by Crippen LogP contribution is 2.30.